The van der Waals surface area contributed by atoms with Gasteiger partial charge < -0.3 is 10.2 Å². The Bertz CT molecular complexity index is 486. The van der Waals surface area contributed by atoms with Gasteiger partial charge in [0.25, 0.3) is 0 Å². The molecule has 1 aliphatic heterocycles. The van der Waals surface area contributed by atoms with Crippen LogP contribution in [0.5, 0.6) is 0 Å². The molecular weight excluding hydrogens is 248 g/mol. The Balaban J connectivity index is 2.08. The first kappa shape index (κ1) is 13.3. The van der Waals surface area contributed by atoms with Crippen molar-refractivity contribution < 1.29 is 9.72 Å². The summed E-state index contributed by atoms with van der Waals surface area (Å²) in [5, 5.41) is 13.7. The molecule has 1 saturated heterocycles. The average Bonchev–Trinajstić information content (AvgIpc) is 2.92. The second kappa shape index (κ2) is 5.64. The van der Waals surface area contributed by atoms with E-state index in [2.05, 4.69) is 10.3 Å². The standard InChI is InChI=1S/C12H16N4O3/c1-9(12(17)15-7-2-3-8-15)14-11-10(16(18)19)5-4-6-13-11/h4-6,9H,2-3,7-8H2,1H3,(H,13,14). The quantitative estimate of drug-likeness (QED) is 0.656. The molecule has 0 radical (unpaired) electrons. The van der Waals surface area contributed by atoms with Crippen LogP contribution in [0.2, 0.25) is 0 Å². The third-order valence-electron chi connectivity index (χ3n) is 3.12. The van der Waals surface area contributed by atoms with Crippen LogP contribution < -0.4 is 5.32 Å². The van der Waals surface area contributed by atoms with Crippen molar-refractivity contribution in [3.05, 3.63) is 28.4 Å². The van der Waals surface area contributed by atoms with Gasteiger partial charge in [0.05, 0.1) is 4.92 Å². The minimum absolute atomic E-state index is 0.0440. The number of hydrogen-bond donors (Lipinski definition) is 1. The molecule has 1 fully saturated rings. The molecule has 102 valence electrons. The highest BCUT2D eigenvalue weighted by molar-refractivity contribution is 5.84. The first-order chi connectivity index (χ1) is 9.09. The molecule has 1 unspecified atom stereocenters. The molecule has 19 heavy (non-hydrogen) atoms. The molecule has 1 N–H and O–H groups in total. The number of nitrogens with one attached hydrogen (secondary N) is 1. The van der Waals surface area contributed by atoms with Crippen LogP contribution in [-0.2, 0) is 4.79 Å². The second-order valence-corrected chi connectivity index (χ2v) is 4.53. The number of carbonyl (C=O) groups excluding carboxylic acids is 1. The molecule has 1 amide bonds. The van der Waals surface area contributed by atoms with Gasteiger partial charge in [0, 0.05) is 25.4 Å². The summed E-state index contributed by atoms with van der Waals surface area (Å²) >= 11 is 0. The van der Waals surface area contributed by atoms with Crippen LogP contribution in [0.1, 0.15) is 19.8 Å². The minimum Gasteiger partial charge on any atom is -0.353 e. The van der Waals surface area contributed by atoms with Crippen LogP contribution >= 0.6 is 0 Å². The van der Waals surface area contributed by atoms with Crippen molar-refractivity contribution in [1.29, 1.82) is 0 Å². The fourth-order valence-corrected chi connectivity index (χ4v) is 2.13. The highest BCUT2D eigenvalue weighted by Crippen LogP contribution is 2.21. The van der Waals surface area contributed by atoms with Gasteiger partial charge in [-0.15, -0.1) is 0 Å². The van der Waals surface area contributed by atoms with Gasteiger partial charge in [-0.2, -0.15) is 0 Å². The molecule has 7 heteroatoms. The average molecular weight is 264 g/mol. The number of likely N-dealkylation sites (tertiary alicyclic amines) is 1. The fourth-order valence-electron chi connectivity index (χ4n) is 2.13. The van der Waals surface area contributed by atoms with E-state index in [-0.39, 0.29) is 17.4 Å². The summed E-state index contributed by atoms with van der Waals surface area (Å²) in [5.74, 6) is 0.0880. The number of nitrogens with zero attached hydrogens (tertiary/aromatic N) is 3. The van der Waals surface area contributed by atoms with Gasteiger partial charge in [-0.1, -0.05) is 0 Å². The number of pyridine rings is 1. The molecule has 1 aromatic heterocycles. The predicted molar refractivity (Wildman–Crippen MR) is 69.8 cm³/mol. The molecule has 0 saturated carbocycles. The first-order valence-corrected chi connectivity index (χ1v) is 6.24. The molecule has 2 rings (SSSR count). The van der Waals surface area contributed by atoms with E-state index in [1.54, 1.807) is 11.8 Å². The van der Waals surface area contributed by atoms with E-state index in [1.807, 2.05) is 0 Å². The summed E-state index contributed by atoms with van der Waals surface area (Å²) in [5.41, 5.74) is -0.122. The molecule has 1 aromatic rings. The third-order valence-corrected chi connectivity index (χ3v) is 3.12. The SMILES string of the molecule is CC(Nc1ncccc1[N+](=O)[O-])C(=O)N1CCCC1. The fraction of sp³-hybridized carbons (Fsp3) is 0.500. The largest absolute Gasteiger partial charge is 0.353 e. The topological polar surface area (TPSA) is 88.4 Å². The molecule has 2 heterocycles. The van der Waals surface area contributed by atoms with Crippen LogP contribution in [0, 0.1) is 10.1 Å². The van der Waals surface area contributed by atoms with E-state index in [0.29, 0.717) is 0 Å². The zero-order valence-corrected chi connectivity index (χ0v) is 10.7. The molecule has 1 aliphatic rings. The zero-order valence-electron chi connectivity index (χ0n) is 10.7. The number of hydrogen-bond acceptors (Lipinski definition) is 5. The van der Waals surface area contributed by atoms with Crippen molar-refractivity contribution in [2.24, 2.45) is 0 Å². The highest BCUT2D eigenvalue weighted by Gasteiger charge is 2.25. The Kier molecular flexibility index (Phi) is 3.94. The van der Waals surface area contributed by atoms with Gasteiger partial charge in [0.15, 0.2) is 0 Å². The van der Waals surface area contributed by atoms with E-state index >= 15 is 0 Å². The summed E-state index contributed by atoms with van der Waals surface area (Å²) in [6.07, 6.45) is 3.49. The van der Waals surface area contributed by atoms with Gasteiger partial charge in [-0.3, -0.25) is 14.9 Å². The van der Waals surface area contributed by atoms with Crippen molar-refractivity contribution in [3.63, 3.8) is 0 Å². The summed E-state index contributed by atoms with van der Waals surface area (Å²) in [7, 11) is 0. The third kappa shape index (κ3) is 2.98. The molecule has 7 nitrogen and oxygen atoms in total. The van der Waals surface area contributed by atoms with Gasteiger partial charge in [-0.05, 0) is 25.8 Å². The van der Waals surface area contributed by atoms with Crippen molar-refractivity contribution in [2.75, 3.05) is 18.4 Å². The normalized spacial score (nSPS) is 16.2. The van der Waals surface area contributed by atoms with Crippen LogP contribution in [0.15, 0.2) is 18.3 Å². The number of amides is 1. The van der Waals surface area contributed by atoms with E-state index in [0.717, 1.165) is 25.9 Å². The van der Waals surface area contributed by atoms with E-state index < -0.39 is 11.0 Å². The molecule has 0 spiro atoms. The maximum atomic E-state index is 12.1. The summed E-state index contributed by atoms with van der Waals surface area (Å²) in [4.78, 5) is 28.1. The maximum absolute atomic E-state index is 12.1. The number of carbonyl (C=O) groups is 1. The number of aromatic nitrogens is 1. The van der Waals surface area contributed by atoms with Crippen LogP contribution in [0.3, 0.4) is 0 Å². The second-order valence-electron chi connectivity index (χ2n) is 4.53. The highest BCUT2D eigenvalue weighted by atomic mass is 16.6. The molecule has 0 bridgehead atoms. The van der Waals surface area contributed by atoms with Crippen LogP contribution in [-0.4, -0.2) is 39.8 Å². The number of anilines is 1. The summed E-state index contributed by atoms with van der Waals surface area (Å²) in [6.45, 7) is 3.21. The number of rotatable bonds is 4. The number of nitro groups is 1. The molecule has 0 aromatic carbocycles. The van der Waals surface area contributed by atoms with E-state index in [4.69, 9.17) is 0 Å². The van der Waals surface area contributed by atoms with Gasteiger partial charge in [-0.25, -0.2) is 4.98 Å². The summed E-state index contributed by atoms with van der Waals surface area (Å²) < 4.78 is 0. The molecule has 1 atom stereocenters. The van der Waals surface area contributed by atoms with E-state index in [1.165, 1.54) is 18.3 Å². The van der Waals surface area contributed by atoms with E-state index in [9.17, 15) is 14.9 Å². The Morgan fingerprint density at radius 2 is 2.21 bits per heavy atom. The van der Waals surface area contributed by atoms with Crippen LogP contribution in [0.25, 0.3) is 0 Å². The van der Waals surface area contributed by atoms with Crippen LogP contribution in [0.4, 0.5) is 11.5 Å². The predicted octanol–water partition coefficient (Wildman–Crippen LogP) is 1.41. The lowest BCUT2D eigenvalue weighted by atomic mass is 10.2. The maximum Gasteiger partial charge on any atom is 0.311 e. The Hall–Kier alpha value is -2.18. The van der Waals surface area contributed by atoms with Gasteiger partial charge in [0.1, 0.15) is 6.04 Å². The first-order valence-electron chi connectivity index (χ1n) is 6.24. The smallest absolute Gasteiger partial charge is 0.311 e. The molecule has 0 aliphatic carbocycles. The zero-order chi connectivity index (χ0) is 13.8. The lowest BCUT2D eigenvalue weighted by molar-refractivity contribution is -0.384. The lowest BCUT2D eigenvalue weighted by Gasteiger charge is -2.21. The molecular formula is C12H16N4O3. The monoisotopic (exact) mass is 264 g/mol. The van der Waals surface area contributed by atoms with Gasteiger partial charge >= 0.3 is 5.69 Å². The van der Waals surface area contributed by atoms with Crippen molar-refractivity contribution >= 4 is 17.4 Å². The lowest BCUT2D eigenvalue weighted by Crippen LogP contribution is -2.39. The Labute approximate surface area is 110 Å². The minimum atomic E-state index is -0.522. The summed E-state index contributed by atoms with van der Waals surface area (Å²) in [6, 6.07) is 2.34. The Morgan fingerprint density at radius 3 is 2.84 bits per heavy atom. The van der Waals surface area contributed by atoms with Gasteiger partial charge in [0.2, 0.25) is 11.7 Å². The van der Waals surface area contributed by atoms with Crippen molar-refractivity contribution in [2.45, 2.75) is 25.8 Å². The Morgan fingerprint density at radius 1 is 1.53 bits per heavy atom. The van der Waals surface area contributed by atoms with Crippen molar-refractivity contribution in [3.8, 4) is 0 Å². The van der Waals surface area contributed by atoms with Crippen molar-refractivity contribution in [1.82, 2.24) is 9.88 Å².